The Kier molecular flexibility index (Phi) is 5.49. The fourth-order valence-electron chi connectivity index (χ4n) is 5.88. The first kappa shape index (κ1) is 20.7. The molecule has 7 heteroatoms. The third-order valence-corrected chi connectivity index (χ3v) is 7.25. The molecule has 4 unspecified atom stereocenters. The van der Waals surface area contributed by atoms with E-state index in [1.54, 1.807) is 14.2 Å². The Hall–Kier alpha value is -2.54. The maximum atomic E-state index is 13.4. The van der Waals surface area contributed by atoms with Crippen LogP contribution in [0.25, 0.3) is 0 Å². The maximum absolute atomic E-state index is 13.4. The van der Waals surface area contributed by atoms with E-state index in [1.165, 1.54) is 13.4 Å². The van der Waals surface area contributed by atoms with Crippen LogP contribution < -0.4 is 10.1 Å². The fraction of sp³-hybridized carbons (Fsp3) is 0.565. The van der Waals surface area contributed by atoms with Crippen LogP contribution in [0.3, 0.4) is 0 Å². The molecule has 0 aromatic heterocycles. The van der Waals surface area contributed by atoms with Gasteiger partial charge in [-0.1, -0.05) is 19.4 Å². The Morgan fingerprint density at radius 3 is 2.80 bits per heavy atom. The molecule has 2 fully saturated rings. The number of fused-ring (bicyclic) bond motifs is 4. The highest BCUT2D eigenvalue weighted by Crippen LogP contribution is 2.55. The van der Waals surface area contributed by atoms with Crippen LogP contribution in [0.4, 0.5) is 5.69 Å². The monoisotopic (exact) mass is 414 g/mol. The van der Waals surface area contributed by atoms with Gasteiger partial charge in [0.15, 0.2) is 0 Å². The van der Waals surface area contributed by atoms with Crippen LogP contribution in [-0.2, 0) is 24.5 Å². The van der Waals surface area contributed by atoms with Crippen molar-refractivity contribution in [1.29, 1.82) is 0 Å². The van der Waals surface area contributed by atoms with Gasteiger partial charge in [-0.3, -0.25) is 9.69 Å². The molecular formula is C23H30N2O5. The quantitative estimate of drug-likeness (QED) is 0.454. The number of rotatable bonds is 5. The van der Waals surface area contributed by atoms with Gasteiger partial charge in [0, 0.05) is 23.8 Å². The van der Waals surface area contributed by atoms with Crippen molar-refractivity contribution in [1.82, 2.24) is 4.90 Å². The van der Waals surface area contributed by atoms with E-state index >= 15 is 0 Å². The van der Waals surface area contributed by atoms with Gasteiger partial charge in [-0.15, -0.1) is 0 Å². The van der Waals surface area contributed by atoms with E-state index in [9.17, 15) is 9.59 Å². The standard InChI is InChI=1S/C23H30N2O5/c1-5-14-12-25-10-9-23(19(25)11-15(14)16(13-28-2)21(26)30-4)20-17(24-22(23)27)7-6-8-18(20)29-3/h6-8,13-15,19H,5,9-12H2,1-4H3,(H,24,27). The molecule has 1 aromatic carbocycles. The molecule has 7 nitrogen and oxygen atoms in total. The number of carbonyl (C=O) groups is 2. The summed E-state index contributed by atoms with van der Waals surface area (Å²) in [4.78, 5) is 28.4. The highest BCUT2D eigenvalue weighted by Gasteiger charge is 2.61. The first-order valence-corrected chi connectivity index (χ1v) is 10.6. The van der Waals surface area contributed by atoms with Crippen molar-refractivity contribution in [2.45, 2.75) is 37.6 Å². The molecule has 0 aliphatic carbocycles. The summed E-state index contributed by atoms with van der Waals surface area (Å²) in [5.41, 5.74) is 1.66. The summed E-state index contributed by atoms with van der Waals surface area (Å²) in [5, 5.41) is 3.09. The number of hydrogen-bond acceptors (Lipinski definition) is 6. The van der Waals surface area contributed by atoms with Gasteiger partial charge in [0.1, 0.15) is 5.75 Å². The minimum absolute atomic E-state index is 0.0206. The molecule has 30 heavy (non-hydrogen) atoms. The number of nitrogens with zero attached hydrogens (tertiary/aromatic N) is 1. The summed E-state index contributed by atoms with van der Waals surface area (Å²) in [7, 11) is 4.58. The highest BCUT2D eigenvalue weighted by atomic mass is 16.5. The zero-order valence-corrected chi connectivity index (χ0v) is 18.1. The van der Waals surface area contributed by atoms with E-state index in [-0.39, 0.29) is 23.8 Å². The zero-order valence-electron chi connectivity index (χ0n) is 18.1. The maximum Gasteiger partial charge on any atom is 0.337 e. The Balaban J connectivity index is 1.78. The van der Waals surface area contributed by atoms with Gasteiger partial charge in [-0.25, -0.2) is 4.79 Å². The van der Waals surface area contributed by atoms with Gasteiger partial charge in [0.25, 0.3) is 0 Å². The first-order valence-electron chi connectivity index (χ1n) is 10.6. The Bertz CT molecular complexity index is 882. The van der Waals surface area contributed by atoms with E-state index in [4.69, 9.17) is 14.2 Å². The molecule has 3 aliphatic rings. The molecule has 1 aromatic rings. The topological polar surface area (TPSA) is 77.1 Å². The third kappa shape index (κ3) is 2.90. The molecule has 162 valence electrons. The molecule has 0 radical (unpaired) electrons. The predicted octanol–water partition coefficient (Wildman–Crippen LogP) is 2.71. The minimum atomic E-state index is -0.673. The van der Waals surface area contributed by atoms with Crippen LogP contribution in [0.1, 0.15) is 31.7 Å². The first-order chi connectivity index (χ1) is 14.5. The third-order valence-electron chi connectivity index (χ3n) is 7.25. The summed E-state index contributed by atoms with van der Waals surface area (Å²) >= 11 is 0. The molecule has 4 rings (SSSR count). The van der Waals surface area contributed by atoms with Crippen molar-refractivity contribution in [3.63, 3.8) is 0 Å². The van der Waals surface area contributed by atoms with Crippen LogP contribution in [0.5, 0.6) is 5.75 Å². The van der Waals surface area contributed by atoms with E-state index in [1.807, 2.05) is 18.2 Å². The van der Waals surface area contributed by atoms with E-state index < -0.39 is 5.41 Å². The highest BCUT2D eigenvalue weighted by molar-refractivity contribution is 6.08. The Labute approximate surface area is 177 Å². The predicted molar refractivity (Wildman–Crippen MR) is 112 cm³/mol. The van der Waals surface area contributed by atoms with Crippen molar-refractivity contribution in [3.8, 4) is 5.75 Å². The number of carbonyl (C=O) groups excluding carboxylic acids is 2. The average molecular weight is 415 g/mol. The van der Waals surface area contributed by atoms with Gasteiger partial charge >= 0.3 is 5.97 Å². The van der Waals surface area contributed by atoms with Crippen LogP contribution in [0.15, 0.2) is 30.0 Å². The smallest absolute Gasteiger partial charge is 0.337 e. The molecular weight excluding hydrogens is 384 g/mol. The number of benzene rings is 1. The van der Waals surface area contributed by atoms with Crippen LogP contribution in [-0.4, -0.2) is 57.2 Å². The number of piperidine rings is 1. The van der Waals surface area contributed by atoms with Gasteiger partial charge < -0.3 is 19.5 Å². The second kappa shape index (κ2) is 7.95. The molecule has 0 bridgehead atoms. The lowest BCUT2D eigenvalue weighted by Gasteiger charge is -2.45. The van der Waals surface area contributed by atoms with Gasteiger partial charge in [-0.05, 0) is 43.4 Å². The Morgan fingerprint density at radius 1 is 1.33 bits per heavy atom. The average Bonchev–Trinajstić information content (AvgIpc) is 3.28. The number of esters is 1. The summed E-state index contributed by atoms with van der Waals surface area (Å²) in [6, 6.07) is 5.74. The lowest BCUT2D eigenvalue weighted by Crippen LogP contribution is -2.53. The van der Waals surface area contributed by atoms with E-state index in [2.05, 4.69) is 17.1 Å². The van der Waals surface area contributed by atoms with Gasteiger partial charge in [0.05, 0.1) is 38.6 Å². The van der Waals surface area contributed by atoms with Crippen molar-refractivity contribution < 1.29 is 23.8 Å². The number of ether oxygens (including phenoxy) is 3. The van der Waals surface area contributed by atoms with Crippen molar-refractivity contribution in [2.24, 2.45) is 11.8 Å². The zero-order chi connectivity index (χ0) is 21.5. The van der Waals surface area contributed by atoms with Crippen molar-refractivity contribution in [3.05, 3.63) is 35.6 Å². The summed E-state index contributed by atoms with van der Waals surface area (Å²) in [6.45, 7) is 3.83. The van der Waals surface area contributed by atoms with E-state index in [0.717, 1.165) is 42.9 Å². The number of anilines is 1. The normalized spacial score (nSPS) is 30.6. The van der Waals surface area contributed by atoms with Crippen LogP contribution in [0, 0.1) is 11.8 Å². The number of methoxy groups -OCH3 is 3. The summed E-state index contributed by atoms with van der Waals surface area (Å²) in [6.07, 6.45) is 3.88. The molecule has 0 saturated carbocycles. The molecule has 4 atom stereocenters. The van der Waals surface area contributed by atoms with Gasteiger partial charge in [0.2, 0.25) is 5.91 Å². The number of hydrogen-bond donors (Lipinski definition) is 1. The van der Waals surface area contributed by atoms with Gasteiger partial charge in [-0.2, -0.15) is 0 Å². The van der Waals surface area contributed by atoms with E-state index in [0.29, 0.717) is 17.9 Å². The van der Waals surface area contributed by atoms with Crippen molar-refractivity contribution >= 4 is 17.6 Å². The second-order valence-corrected chi connectivity index (χ2v) is 8.38. The SMILES string of the molecule is CCC1CN2CCC3(C(=O)Nc4cccc(OC)c43)C2CC1C(=COC)C(=O)OC. The fourth-order valence-corrected chi connectivity index (χ4v) is 5.88. The molecule has 1 spiro atoms. The van der Waals surface area contributed by atoms with Crippen molar-refractivity contribution in [2.75, 3.05) is 39.7 Å². The molecule has 2 saturated heterocycles. The number of nitrogens with one attached hydrogen (secondary N) is 1. The lowest BCUT2D eigenvalue weighted by atomic mass is 9.67. The van der Waals surface area contributed by atoms with Crippen LogP contribution in [0.2, 0.25) is 0 Å². The summed E-state index contributed by atoms with van der Waals surface area (Å²) < 4.78 is 16.0. The number of amides is 1. The molecule has 1 amide bonds. The minimum Gasteiger partial charge on any atom is -0.504 e. The lowest BCUT2D eigenvalue weighted by molar-refractivity contribution is -0.137. The second-order valence-electron chi connectivity index (χ2n) is 8.38. The largest absolute Gasteiger partial charge is 0.504 e. The molecule has 3 heterocycles. The summed E-state index contributed by atoms with van der Waals surface area (Å²) in [5.74, 6) is 0.652. The Morgan fingerprint density at radius 2 is 2.13 bits per heavy atom. The molecule has 3 aliphatic heterocycles. The van der Waals surface area contributed by atoms with Crippen LogP contribution >= 0.6 is 0 Å². The molecule has 1 N–H and O–H groups in total.